The average molecular weight is 231 g/mol. The molecule has 0 aromatic heterocycles. The molecule has 0 amide bonds. The summed E-state index contributed by atoms with van der Waals surface area (Å²) in [6.45, 7) is 8.35. The number of hydrogen-bond donors (Lipinski definition) is 0. The molecule has 1 atom stereocenters. The number of hydrogen-bond acceptors (Lipinski definition) is 5. The van der Waals surface area contributed by atoms with E-state index >= 15 is 0 Å². The Morgan fingerprint density at radius 1 is 1.56 bits per heavy atom. The van der Waals surface area contributed by atoms with Gasteiger partial charge in [0.15, 0.2) is 0 Å². The lowest BCUT2D eigenvalue weighted by molar-refractivity contribution is -0.148. The van der Waals surface area contributed by atoms with Crippen molar-refractivity contribution in [3.05, 3.63) is 0 Å². The van der Waals surface area contributed by atoms with Gasteiger partial charge in [0.1, 0.15) is 6.61 Å². The number of esters is 1. The number of carbonyl (C=O) groups is 1. The molecule has 1 saturated heterocycles. The zero-order valence-electron chi connectivity index (χ0n) is 10.1. The maximum Gasteiger partial charge on any atom is 0.332 e. The molecule has 0 radical (unpaired) electrons. The normalized spacial score (nSPS) is 22.0. The first kappa shape index (κ1) is 13.4. The van der Waals surface area contributed by atoms with Gasteiger partial charge >= 0.3 is 5.97 Å². The van der Waals surface area contributed by atoms with Crippen LogP contribution in [0.4, 0.5) is 0 Å². The van der Waals surface area contributed by atoms with Crippen LogP contribution < -0.4 is 0 Å². The van der Waals surface area contributed by atoms with E-state index in [9.17, 15) is 4.79 Å². The van der Waals surface area contributed by atoms with Gasteiger partial charge in [-0.1, -0.05) is 0 Å². The zero-order chi connectivity index (χ0) is 11.8. The van der Waals surface area contributed by atoms with Gasteiger partial charge in [0, 0.05) is 19.6 Å². The standard InChI is InChI=1S/C11H21NO4/c1-3-15-11(13)9-14-6-4-12-5-7-16-10(2)8-12/h10H,3-9H2,1-2H3. The molecule has 0 saturated carbocycles. The predicted octanol–water partition coefficient (Wildman–Crippen LogP) is 0.287. The summed E-state index contributed by atoms with van der Waals surface area (Å²) in [5.74, 6) is -0.294. The van der Waals surface area contributed by atoms with E-state index in [0.717, 1.165) is 26.2 Å². The Kier molecular flexibility index (Phi) is 6.37. The third-order valence-electron chi connectivity index (χ3n) is 2.40. The number of morpholine rings is 1. The van der Waals surface area contributed by atoms with Gasteiger partial charge in [-0.15, -0.1) is 0 Å². The topological polar surface area (TPSA) is 48.0 Å². The Bertz CT molecular complexity index is 210. The molecule has 0 aromatic carbocycles. The number of nitrogens with zero attached hydrogens (tertiary/aromatic N) is 1. The molecule has 16 heavy (non-hydrogen) atoms. The fraction of sp³-hybridized carbons (Fsp3) is 0.909. The summed E-state index contributed by atoms with van der Waals surface area (Å²) in [6.07, 6.45) is 0.291. The minimum Gasteiger partial charge on any atom is -0.464 e. The van der Waals surface area contributed by atoms with Crippen LogP contribution >= 0.6 is 0 Å². The second-order valence-corrected chi connectivity index (χ2v) is 3.84. The Morgan fingerprint density at radius 2 is 2.38 bits per heavy atom. The first-order valence-electron chi connectivity index (χ1n) is 5.79. The summed E-state index contributed by atoms with van der Waals surface area (Å²) >= 11 is 0. The molecule has 0 aliphatic carbocycles. The van der Waals surface area contributed by atoms with Crippen molar-refractivity contribution in [2.45, 2.75) is 20.0 Å². The summed E-state index contributed by atoms with van der Waals surface area (Å²) < 4.78 is 15.4. The zero-order valence-corrected chi connectivity index (χ0v) is 10.1. The Morgan fingerprint density at radius 3 is 3.06 bits per heavy atom. The van der Waals surface area contributed by atoms with E-state index in [1.54, 1.807) is 6.92 Å². The third-order valence-corrected chi connectivity index (χ3v) is 2.40. The predicted molar refractivity (Wildman–Crippen MR) is 59.3 cm³/mol. The lowest BCUT2D eigenvalue weighted by atomic mass is 10.3. The largest absolute Gasteiger partial charge is 0.464 e. The summed E-state index contributed by atoms with van der Waals surface area (Å²) in [4.78, 5) is 13.2. The van der Waals surface area contributed by atoms with E-state index in [2.05, 4.69) is 11.8 Å². The summed E-state index contributed by atoms with van der Waals surface area (Å²) in [6, 6.07) is 0. The van der Waals surface area contributed by atoms with Crippen molar-refractivity contribution in [1.82, 2.24) is 4.90 Å². The highest BCUT2D eigenvalue weighted by atomic mass is 16.6. The van der Waals surface area contributed by atoms with Crippen LogP contribution in [-0.2, 0) is 19.0 Å². The smallest absolute Gasteiger partial charge is 0.332 e. The van der Waals surface area contributed by atoms with Gasteiger partial charge in [0.2, 0.25) is 0 Å². The van der Waals surface area contributed by atoms with E-state index in [1.165, 1.54) is 0 Å². The van der Waals surface area contributed by atoms with E-state index in [-0.39, 0.29) is 12.6 Å². The van der Waals surface area contributed by atoms with Crippen LogP contribution in [0.5, 0.6) is 0 Å². The molecule has 94 valence electrons. The maximum absolute atomic E-state index is 11.0. The van der Waals surface area contributed by atoms with E-state index in [4.69, 9.17) is 14.2 Å². The summed E-state index contributed by atoms with van der Waals surface area (Å²) in [7, 11) is 0. The maximum atomic E-state index is 11.0. The SMILES string of the molecule is CCOC(=O)COCCN1CCOC(C)C1. The minimum absolute atomic E-state index is 0.0493. The van der Waals surface area contributed by atoms with Crippen LogP contribution in [0.2, 0.25) is 0 Å². The number of carbonyl (C=O) groups excluding carboxylic acids is 1. The highest BCUT2D eigenvalue weighted by Crippen LogP contribution is 2.03. The van der Waals surface area contributed by atoms with Crippen LogP contribution in [0, 0.1) is 0 Å². The quantitative estimate of drug-likeness (QED) is 0.485. The minimum atomic E-state index is -0.294. The second-order valence-electron chi connectivity index (χ2n) is 3.84. The first-order chi connectivity index (χ1) is 7.72. The fourth-order valence-corrected chi connectivity index (χ4v) is 1.65. The molecule has 1 aliphatic rings. The van der Waals surface area contributed by atoms with E-state index in [0.29, 0.717) is 19.3 Å². The highest BCUT2D eigenvalue weighted by Gasteiger charge is 2.15. The Balaban J connectivity index is 2.00. The molecule has 0 aromatic rings. The van der Waals surface area contributed by atoms with Gasteiger partial charge in [0.25, 0.3) is 0 Å². The molecule has 5 heteroatoms. The fourth-order valence-electron chi connectivity index (χ4n) is 1.65. The molecule has 0 bridgehead atoms. The van der Waals surface area contributed by atoms with Gasteiger partial charge < -0.3 is 14.2 Å². The van der Waals surface area contributed by atoms with Crippen LogP contribution in [0.25, 0.3) is 0 Å². The second kappa shape index (κ2) is 7.60. The lowest BCUT2D eigenvalue weighted by Gasteiger charge is -2.30. The van der Waals surface area contributed by atoms with Gasteiger partial charge in [-0.25, -0.2) is 4.79 Å². The van der Waals surface area contributed by atoms with Crippen molar-refractivity contribution in [2.75, 3.05) is 46.1 Å². The van der Waals surface area contributed by atoms with Gasteiger partial charge in [0.05, 0.1) is 25.9 Å². The lowest BCUT2D eigenvalue weighted by Crippen LogP contribution is -2.42. The van der Waals surface area contributed by atoms with Crippen molar-refractivity contribution in [1.29, 1.82) is 0 Å². The van der Waals surface area contributed by atoms with Crippen molar-refractivity contribution < 1.29 is 19.0 Å². The molecular weight excluding hydrogens is 210 g/mol. The summed E-state index contributed by atoms with van der Waals surface area (Å²) in [5, 5.41) is 0. The molecule has 5 nitrogen and oxygen atoms in total. The van der Waals surface area contributed by atoms with Crippen molar-refractivity contribution in [3.8, 4) is 0 Å². The molecule has 1 fully saturated rings. The monoisotopic (exact) mass is 231 g/mol. The highest BCUT2D eigenvalue weighted by molar-refractivity contribution is 5.70. The van der Waals surface area contributed by atoms with Gasteiger partial charge in [-0.3, -0.25) is 4.90 Å². The first-order valence-corrected chi connectivity index (χ1v) is 5.79. The number of ether oxygens (including phenoxy) is 3. The Labute approximate surface area is 96.6 Å². The van der Waals surface area contributed by atoms with Crippen LogP contribution in [-0.4, -0.2) is 63.0 Å². The third kappa shape index (κ3) is 5.44. The van der Waals surface area contributed by atoms with Crippen molar-refractivity contribution in [2.24, 2.45) is 0 Å². The molecule has 1 unspecified atom stereocenters. The van der Waals surface area contributed by atoms with Crippen molar-refractivity contribution >= 4 is 5.97 Å². The molecule has 1 rings (SSSR count). The molecular formula is C11H21NO4. The van der Waals surface area contributed by atoms with Crippen LogP contribution in [0.3, 0.4) is 0 Å². The van der Waals surface area contributed by atoms with Gasteiger partial charge in [-0.2, -0.15) is 0 Å². The molecule has 0 N–H and O–H groups in total. The molecule has 1 aliphatic heterocycles. The van der Waals surface area contributed by atoms with E-state index in [1.807, 2.05) is 0 Å². The number of rotatable bonds is 6. The summed E-state index contributed by atoms with van der Waals surface area (Å²) in [5.41, 5.74) is 0. The van der Waals surface area contributed by atoms with Crippen LogP contribution in [0.1, 0.15) is 13.8 Å². The average Bonchev–Trinajstić information content (AvgIpc) is 2.25. The molecule has 0 spiro atoms. The van der Waals surface area contributed by atoms with Gasteiger partial charge in [-0.05, 0) is 13.8 Å². The van der Waals surface area contributed by atoms with Crippen molar-refractivity contribution in [3.63, 3.8) is 0 Å². The van der Waals surface area contributed by atoms with Crippen LogP contribution in [0.15, 0.2) is 0 Å². The van der Waals surface area contributed by atoms with E-state index < -0.39 is 0 Å². The molecule has 1 heterocycles. The Hall–Kier alpha value is -0.650.